The minimum absolute atomic E-state index is 0.182. The zero-order valence-electron chi connectivity index (χ0n) is 17.0. The highest BCUT2D eigenvalue weighted by Gasteiger charge is 2.27. The predicted molar refractivity (Wildman–Crippen MR) is 109 cm³/mol. The number of piperidine rings is 1. The Morgan fingerprint density at radius 3 is 2.52 bits per heavy atom. The van der Waals surface area contributed by atoms with Gasteiger partial charge in [0.05, 0.1) is 4.90 Å². The Bertz CT molecular complexity index is 725. The molecule has 1 heterocycles. The molecule has 1 N–H and O–H groups in total. The maximum atomic E-state index is 12.9. The molecule has 1 fully saturated rings. The summed E-state index contributed by atoms with van der Waals surface area (Å²) in [5.41, 5.74) is 1.25. The third kappa shape index (κ3) is 5.79. The lowest BCUT2D eigenvalue weighted by Crippen LogP contribution is -2.36. The number of rotatable bonds is 9. The van der Waals surface area contributed by atoms with E-state index in [9.17, 15) is 13.2 Å². The molecule has 1 aromatic carbocycles. The molecule has 5 nitrogen and oxygen atoms in total. The molecule has 1 amide bonds. The Hall–Kier alpha value is -1.40. The third-order valence-corrected chi connectivity index (χ3v) is 7.40. The van der Waals surface area contributed by atoms with Crippen LogP contribution in [0.4, 0.5) is 0 Å². The summed E-state index contributed by atoms with van der Waals surface area (Å²) in [5.74, 6) is 0.285. The molecule has 1 saturated heterocycles. The van der Waals surface area contributed by atoms with Gasteiger partial charge in [0.1, 0.15) is 0 Å². The van der Waals surface area contributed by atoms with Crippen LogP contribution in [0.1, 0.15) is 74.7 Å². The van der Waals surface area contributed by atoms with Crippen LogP contribution in [0, 0.1) is 12.8 Å². The molecular weight excluding hydrogens is 360 g/mol. The van der Waals surface area contributed by atoms with Crippen LogP contribution in [0.5, 0.6) is 0 Å². The van der Waals surface area contributed by atoms with E-state index in [0.717, 1.165) is 50.5 Å². The van der Waals surface area contributed by atoms with E-state index in [0.29, 0.717) is 31.1 Å². The molecule has 6 heteroatoms. The molecule has 1 aliphatic rings. The first-order chi connectivity index (χ1) is 12.9. The van der Waals surface area contributed by atoms with Gasteiger partial charge in [0.15, 0.2) is 0 Å². The van der Waals surface area contributed by atoms with Crippen molar-refractivity contribution in [2.45, 2.75) is 70.6 Å². The number of carbonyl (C=O) groups excluding carboxylic acids is 1. The van der Waals surface area contributed by atoms with Crippen molar-refractivity contribution >= 4 is 15.9 Å². The number of nitrogens with one attached hydrogen (secondary N) is 1. The number of nitrogens with zero attached hydrogens (tertiary/aromatic N) is 1. The average molecular weight is 395 g/mol. The van der Waals surface area contributed by atoms with E-state index in [4.69, 9.17) is 0 Å². The summed E-state index contributed by atoms with van der Waals surface area (Å²) in [5, 5.41) is 3.01. The zero-order chi connectivity index (χ0) is 19.9. The monoisotopic (exact) mass is 394 g/mol. The van der Waals surface area contributed by atoms with Crippen LogP contribution in [0.25, 0.3) is 0 Å². The maximum Gasteiger partial charge on any atom is 0.251 e. The van der Waals surface area contributed by atoms with Crippen molar-refractivity contribution in [2.75, 3.05) is 19.6 Å². The van der Waals surface area contributed by atoms with Gasteiger partial charge in [0.2, 0.25) is 10.0 Å². The second-order valence-corrected chi connectivity index (χ2v) is 9.51. The number of benzene rings is 1. The molecule has 0 bridgehead atoms. The van der Waals surface area contributed by atoms with Crippen LogP contribution in [0.15, 0.2) is 23.1 Å². The lowest BCUT2D eigenvalue weighted by molar-refractivity contribution is 0.0945. The molecule has 0 aliphatic carbocycles. The van der Waals surface area contributed by atoms with E-state index in [-0.39, 0.29) is 10.8 Å². The Kier molecular flexibility index (Phi) is 8.29. The van der Waals surface area contributed by atoms with E-state index in [2.05, 4.69) is 19.2 Å². The van der Waals surface area contributed by atoms with Gasteiger partial charge < -0.3 is 5.32 Å². The fraction of sp³-hybridized carbons (Fsp3) is 0.667. The van der Waals surface area contributed by atoms with Crippen molar-refractivity contribution in [1.82, 2.24) is 9.62 Å². The number of aryl methyl sites for hydroxylation is 1. The van der Waals surface area contributed by atoms with Crippen LogP contribution in [-0.2, 0) is 10.0 Å². The maximum absolute atomic E-state index is 12.9. The number of sulfonamides is 1. The van der Waals surface area contributed by atoms with Crippen LogP contribution in [0.2, 0.25) is 0 Å². The lowest BCUT2D eigenvalue weighted by Gasteiger charge is -2.26. The first-order valence-electron chi connectivity index (χ1n) is 10.3. The van der Waals surface area contributed by atoms with Gasteiger partial charge in [-0.3, -0.25) is 4.79 Å². The minimum Gasteiger partial charge on any atom is -0.352 e. The summed E-state index contributed by atoms with van der Waals surface area (Å²) in [6.45, 7) is 7.92. The summed E-state index contributed by atoms with van der Waals surface area (Å²) in [7, 11) is -3.53. The van der Waals surface area contributed by atoms with Gasteiger partial charge in [-0.15, -0.1) is 0 Å². The SMILES string of the molecule is CCCC[C@H](CC)CNC(=O)c1cc(S(=O)(=O)N2CCCCC2)ccc1C. The zero-order valence-corrected chi connectivity index (χ0v) is 17.8. The second-order valence-electron chi connectivity index (χ2n) is 7.57. The molecule has 27 heavy (non-hydrogen) atoms. The highest BCUT2D eigenvalue weighted by Crippen LogP contribution is 2.23. The van der Waals surface area contributed by atoms with Gasteiger partial charge in [-0.25, -0.2) is 8.42 Å². The van der Waals surface area contributed by atoms with Crippen molar-refractivity contribution < 1.29 is 13.2 Å². The number of unbranched alkanes of at least 4 members (excludes halogenated alkanes) is 1. The normalized spacial score (nSPS) is 16.9. The fourth-order valence-corrected chi connectivity index (χ4v) is 5.08. The summed E-state index contributed by atoms with van der Waals surface area (Å²) in [6.07, 6.45) is 7.32. The molecule has 0 unspecified atom stereocenters. The van der Waals surface area contributed by atoms with Gasteiger partial charge in [-0.1, -0.05) is 45.6 Å². The Morgan fingerprint density at radius 1 is 1.19 bits per heavy atom. The quantitative estimate of drug-likeness (QED) is 0.685. The van der Waals surface area contributed by atoms with Crippen LogP contribution in [0.3, 0.4) is 0 Å². The van der Waals surface area contributed by atoms with Gasteiger partial charge in [0, 0.05) is 25.2 Å². The molecular formula is C21H34N2O3S. The van der Waals surface area contributed by atoms with Crippen LogP contribution in [-0.4, -0.2) is 38.3 Å². The first-order valence-corrected chi connectivity index (χ1v) is 11.7. The van der Waals surface area contributed by atoms with Gasteiger partial charge in [0.25, 0.3) is 5.91 Å². The molecule has 1 aromatic rings. The van der Waals surface area contributed by atoms with E-state index in [1.54, 1.807) is 22.5 Å². The summed E-state index contributed by atoms with van der Waals surface area (Å²) < 4.78 is 27.3. The van der Waals surface area contributed by atoms with Crippen LogP contribution >= 0.6 is 0 Å². The minimum atomic E-state index is -3.53. The van der Waals surface area contributed by atoms with Gasteiger partial charge >= 0.3 is 0 Å². The molecule has 152 valence electrons. The lowest BCUT2D eigenvalue weighted by atomic mass is 9.99. The van der Waals surface area contributed by atoms with Gasteiger partial charge in [-0.05, 0) is 49.8 Å². The molecule has 0 aromatic heterocycles. The summed E-state index contributed by atoms with van der Waals surface area (Å²) in [6, 6.07) is 4.90. The Labute approximate surface area is 164 Å². The standard InChI is InChI=1S/C21H34N2O3S/c1-4-6-10-18(5-2)16-22-21(24)20-15-19(12-11-17(20)3)27(25,26)23-13-8-7-9-14-23/h11-12,15,18H,4-10,13-14,16H2,1-3H3,(H,22,24)/t18-/m0/s1. The van der Waals surface area contributed by atoms with Crippen molar-refractivity contribution in [3.05, 3.63) is 29.3 Å². The van der Waals surface area contributed by atoms with Crippen molar-refractivity contribution in [2.24, 2.45) is 5.92 Å². The topological polar surface area (TPSA) is 66.5 Å². The number of hydrogen-bond acceptors (Lipinski definition) is 3. The van der Waals surface area contributed by atoms with E-state index in [1.165, 1.54) is 0 Å². The van der Waals surface area contributed by atoms with Crippen molar-refractivity contribution in [3.8, 4) is 0 Å². The van der Waals surface area contributed by atoms with Gasteiger partial charge in [-0.2, -0.15) is 4.31 Å². The molecule has 1 atom stereocenters. The molecule has 2 rings (SSSR count). The highest BCUT2D eigenvalue weighted by molar-refractivity contribution is 7.89. The van der Waals surface area contributed by atoms with E-state index < -0.39 is 10.0 Å². The molecule has 0 spiro atoms. The van der Waals surface area contributed by atoms with Crippen molar-refractivity contribution in [3.63, 3.8) is 0 Å². The highest BCUT2D eigenvalue weighted by atomic mass is 32.2. The number of carbonyl (C=O) groups is 1. The second kappa shape index (κ2) is 10.2. The van der Waals surface area contributed by atoms with Crippen molar-refractivity contribution in [1.29, 1.82) is 0 Å². The smallest absolute Gasteiger partial charge is 0.251 e. The Balaban J connectivity index is 2.12. The van der Waals surface area contributed by atoms with E-state index >= 15 is 0 Å². The average Bonchev–Trinajstić information content (AvgIpc) is 2.68. The molecule has 0 radical (unpaired) electrons. The molecule has 0 saturated carbocycles. The summed E-state index contributed by atoms with van der Waals surface area (Å²) >= 11 is 0. The Morgan fingerprint density at radius 2 is 1.89 bits per heavy atom. The van der Waals surface area contributed by atoms with Crippen LogP contribution < -0.4 is 5.32 Å². The fourth-order valence-electron chi connectivity index (χ4n) is 3.54. The largest absolute Gasteiger partial charge is 0.352 e. The molecule has 1 aliphatic heterocycles. The first kappa shape index (κ1) is 21.9. The number of amides is 1. The third-order valence-electron chi connectivity index (χ3n) is 5.50. The number of hydrogen-bond donors (Lipinski definition) is 1. The summed E-state index contributed by atoms with van der Waals surface area (Å²) in [4.78, 5) is 12.9. The predicted octanol–water partition coefficient (Wildman–Crippen LogP) is 4.12. The van der Waals surface area contributed by atoms with E-state index in [1.807, 2.05) is 6.92 Å².